The topological polar surface area (TPSA) is 114 Å². The largest absolute Gasteiger partial charge is 0.480 e. The lowest BCUT2D eigenvalue weighted by Gasteiger charge is -2.11. The molecule has 1 rings (SSSR count). The van der Waals surface area contributed by atoms with E-state index in [1.165, 1.54) is 0 Å². The molecule has 86 valence electrons. The van der Waals surface area contributed by atoms with Crippen molar-refractivity contribution in [1.29, 1.82) is 0 Å². The van der Waals surface area contributed by atoms with Gasteiger partial charge in [-0.05, 0) is 5.56 Å². The Morgan fingerprint density at radius 1 is 1.38 bits per heavy atom. The normalized spacial score (nSPS) is 11.5. The molecule has 1 aromatic carbocycles. The summed E-state index contributed by atoms with van der Waals surface area (Å²) in [6.45, 7) is 0. The minimum absolute atomic E-state index is 0.195. The van der Waals surface area contributed by atoms with Gasteiger partial charge in [-0.1, -0.05) is 30.3 Å². The SMILES string of the molecule is NC(N)=NN[C@H](Cc1ccccc1)C(=O)O. The van der Waals surface area contributed by atoms with Crippen molar-refractivity contribution in [3.63, 3.8) is 0 Å². The van der Waals surface area contributed by atoms with Gasteiger partial charge in [-0.25, -0.2) is 4.79 Å². The van der Waals surface area contributed by atoms with Crippen LogP contribution in [0.4, 0.5) is 0 Å². The number of nitrogens with two attached hydrogens (primary N) is 2. The van der Waals surface area contributed by atoms with Gasteiger partial charge in [0, 0.05) is 6.42 Å². The van der Waals surface area contributed by atoms with Crippen LogP contribution in [0.3, 0.4) is 0 Å². The third kappa shape index (κ3) is 3.87. The van der Waals surface area contributed by atoms with Crippen LogP contribution < -0.4 is 16.9 Å². The number of carboxylic acid groups (broad SMARTS) is 1. The highest BCUT2D eigenvalue weighted by molar-refractivity contribution is 5.77. The number of carbonyl (C=O) groups is 1. The number of benzene rings is 1. The number of hydrogen-bond donors (Lipinski definition) is 4. The summed E-state index contributed by atoms with van der Waals surface area (Å²) >= 11 is 0. The van der Waals surface area contributed by atoms with Gasteiger partial charge in [0.1, 0.15) is 6.04 Å². The first-order valence-corrected chi connectivity index (χ1v) is 4.70. The van der Waals surface area contributed by atoms with Crippen molar-refractivity contribution < 1.29 is 9.90 Å². The fraction of sp³-hybridized carbons (Fsp3) is 0.200. The van der Waals surface area contributed by atoms with Crippen LogP contribution in [0, 0.1) is 0 Å². The van der Waals surface area contributed by atoms with Gasteiger partial charge in [-0.3, -0.25) is 5.43 Å². The molecule has 16 heavy (non-hydrogen) atoms. The Balaban J connectivity index is 2.66. The molecule has 0 saturated heterocycles. The van der Waals surface area contributed by atoms with Crippen LogP contribution in [0.15, 0.2) is 35.4 Å². The van der Waals surface area contributed by atoms with Crippen LogP contribution in [-0.2, 0) is 11.2 Å². The Kier molecular flexibility index (Phi) is 4.14. The Morgan fingerprint density at radius 3 is 2.50 bits per heavy atom. The van der Waals surface area contributed by atoms with Crippen molar-refractivity contribution in [2.45, 2.75) is 12.5 Å². The highest BCUT2D eigenvalue weighted by atomic mass is 16.4. The second-order valence-electron chi connectivity index (χ2n) is 3.25. The predicted molar refractivity (Wildman–Crippen MR) is 60.5 cm³/mol. The molecule has 0 aliphatic carbocycles. The molecule has 0 heterocycles. The molecule has 0 bridgehead atoms. The zero-order valence-corrected chi connectivity index (χ0v) is 8.63. The molecule has 6 N–H and O–H groups in total. The number of nitrogens with one attached hydrogen (secondary N) is 1. The summed E-state index contributed by atoms with van der Waals surface area (Å²) < 4.78 is 0. The van der Waals surface area contributed by atoms with Crippen LogP contribution in [0.25, 0.3) is 0 Å². The third-order valence-electron chi connectivity index (χ3n) is 1.93. The molecule has 0 unspecified atom stereocenters. The summed E-state index contributed by atoms with van der Waals surface area (Å²) in [5.74, 6) is -1.20. The van der Waals surface area contributed by atoms with E-state index >= 15 is 0 Å². The molecular formula is C10H14N4O2. The number of carboxylic acids is 1. The van der Waals surface area contributed by atoms with Crippen molar-refractivity contribution >= 4 is 11.9 Å². The summed E-state index contributed by atoms with van der Waals surface area (Å²) in [6.07, 6.45) is 0.312. The van der Waals surface area contributed by atoms with Gasteiger partial charge in [-0.2, -0.15) is 0 Å². The van der Waals surface area contributed by atoms with Crippen LogP contribution in [0.5, 0.6) is 0 Å². The molecule has 0 aliphatic rings. The van der Waals surface area contributed by atoms with Gasteiger partial charge < -0.3 is 16.6 Å². The van der Waals surface area contributed by atoms with E-state index in [0.29, 0.717) is 6.42 Å². The van der Waals surface area contributed by atoms with Crippen molar-refractivity contribution in [2.24, 2.45) is 16.6 Å². The Bertz CT molecular complexity index is 374. The Morgan fingerprint density at radius 2 is 2.00 bits per heavy atom. The molecular weight excluding hydrogens is 208 g/mol. The van der Waals surface area contributed by atoms with E-state index in [4.69, 9.17) is 16.6 Å². The van der Waals surface area contributed by atoms with Gasteiger partial charge in [0.2, 0.25) is 5.96 Å². The van der Waals surface area contributed by atoms with Crippen LogP contribution in [0.1, 0.15) is 5.56 Å². The summed E-state index contributed by atoms with van der Waals surface area (Å²) in [4.78, 5) is 10.9. The molecule has 1 atom stereocenters. The van der Waals surface area contributed by atoms with E-state index in [2.05, 4.69) is 10.5 Å². The van der Waals surface area contributed by atoms with E-state index in [-0.39, 0.29) is 5.96 Å². The fourth-order valence-corrected chi connectivity index (χ4v) is 1.19. The average Bonchev–Trinajstić information content (AvgIpc) is 2.25. The third-order valence-corrected chi connectivity index (χ3v) is 1.93. The van der Waals surface area contributed by atoms with Crippen LogP contribution >= 0.6 is 0 Å². The highest BCUT2D eigenvalue weighted by Gasteiger charge is 2.16. The molecule has 0 saturated carbocycles. The number of rotatable bonds is 5. The number of aliphatic carboxylic acids is 1. The van der Waals surface area contributed by atoms with E-state index < -0.39 is 12.0 Å². The average molecular weight is 222 g/mol. The van der Waals surface area contributed by atoms with Gasteiger partial charge in [-0.15, -0.1) is 5.10 Å². The van der Waals surface area contributed by atoms with Gasteiger partial charge >= 0.3 is 5.97 Å². The van der Waals surface area contributed by atoms with E-state index in [1.807, 2.05) is 30.3 Å². The summed E-state index contributed by atoms with van der Waals surface area (Å²) in [5, 5.41) is 12.4. The maximum absolute atomic E-state index is 10.9. The van der Waals surface area contributed by atoms with Gasteiger partial charge in [0.05, 0.1) is 0 Å². The summed E-state index contributed by atoms with van der Waals surface area (Å²) in [7, 11) is 0. The molecule has 6 heteroatoms. The minimum atomic E-state index is -1.01. The van der Waals surface area contributed by atoms with Crippen LogP contribution in [-0.4, -0.2) is 23.1 Å². The number of nitrogens with zero attached hydrogens (tertiary/aromatic N) is 1. The number of hydrazone groups is 1. The Labute approximate surface area is 92.9 Å². The fourth-order valence-electron chi connectivity index (χ4n) is 1.19. The number of hydrogen-bond acceptors (Lipinski definition) is 3. The maximum atomic E-state index is 10.9. The van der Waals surface area contributed by atoms with Crippen molar-refractivity contribution in [2.75, 3.05) is 0 Å². The van der Waals surface area contributed by atoms with Gasteiger partial charge in [0.15, 0.2) is 0 Å². The second-order valence-corrected chi connectivity index (χ2v) is 3.25. The molecule has 0 aliphatic heterocycles. The van der Waals surface area contributed by atoms with E-state index in [9.17, 15) is 4.79 Å². The number of guanidine groups is 1. The van der Waals surface area contributed by atoms with Crippen molar-refractivity contribution in [3.8, 4) is 0 Å². The smallest absolute Gasteiger partial charge is 0.328 e. The first kappa shape index (κ1) is 11.8. The quantitative estimate of drug-likeness (QED) is 0.303. The molecule has 0 radical (unpaired) electrons. The van der Waals surface area contributed by atoms with Gasteiger partial charge in [0.25, 0.3) is 0 Å². The summed E-state index contributed by atoms with van der Waals surface area (Å²) in [6, 6.07) is 8.39. The highest BCUT2D eigenvalue weighted by Crippen LogP contribution is 2.03. The lowest BCUT2D eigenvalue weighted by Crippen LogP contribution is -2.38. The molecule has 6 nitrogen and oxygen atoms in total. The van der Waals surface area contributed by atoms with Crippen molar-refractivity contribution in [1.82, 2.24) is 5.43 Å². The lowest BCUT2D eigenvalue weighted by atomic mass is 10.1. The first-order chi connectivity index (χ1) is 7.59. The zero-order valence-electron chi connectivity index (χ0n) is 8.63. The molecule has 1 aromatic rings. The molecule has 0 amide bonds. The monoisotopic (exact) mass is 222 g/mol. The standard InChI is InChI=1S/C10H14N4O2/c11-10(12)14-13-8(9(15)16)6-7-4-2-1-3-5-7/h1-5,8,13H,6H2,(H,15,16)(H4,11,12,14)/t8-/m1/s1. The van der Waals surface area contributed by atoms with Crippen LogP contribution in [0.2, 0.25) is 0 Å². The Hall–Kier alpha value is -2.24. The van der Waals surface area contributed by atoms with E-state index in [1.54, 1.807) is 0 Å². The molecule has 0 spiro atoms. The molecule has 0 fully saturated rings. The van der Waals surface area contributed by atoms with E-state index in [0.717, 1.165) is 5.56 Å². The first-order valence-electron chi connectivity index (χ1n) is 4.70. The lowest BCUT2D eigenvalue weighted by molar-refractivity contribution is -0.139. The zero-order chi connectivity index (χ0) is 12.0. The predicted octanol–water partition coefficient (Wildman–Crippen LogP) is -0.540. The second kappa shape index (κ2) is 5.59. The summed E-state index contributed by atoms with van der Waals surface area (Å²) in [5.41, 5.74) is 13.5. The maximum Gasteiger partial charge on any atom is 0.328 e. The molecule has 0 aromatic heterocycles. The minimum Gasteiger partial charge on any atom is -0.480 e. The van der Waals surface area contributed by atoms with Crippen molar-refractivity contribution in [3.05, 3.63) is 35.9 Å².